The van der Waals surface area contributed by atoms with Gasteiger partial charge in [-0.15, -0.1) is 0 Å². The van der Waals surface area contributed by atoms with Gasteiger partial charge in [0, 0.05) is 17.5 Å². The summed E-state index contributed by atoms with van der Waals surface area (Å²) in [5.41, 5.74) is 2.36. The molecule has 1 heterocycles. The minimum atomic E-state index is -0.0875. The van der Waals surface area contributed by atoms with Crippen molar-refractivity contribution in [3.05, 3.63) is 45.4 Å². The van der Waals surface area contributed by atoms with Crippen LogP contribution in [-0.4, -0.2) is 29.9 Å². The summed E-state index contributed by atoms with van der Waals surface area (Å²) < 4.78 is 11.3. The van der Waals surface area contributed by atoms with Gasteiger partial charge in [0.2, 0.25) is 0 Å². The number of nitrogens with zero attached hydrogens (tertiary/aromatic N) is 1. The molecule has 1 aromatic heterocycles. The number of aryl methyl sites for hydroxylation is 1. The third-order valence-electron chi connectivity index (χ3n) is 3.71. The molecule has 0 aliphatic carbocycles. The second-order valence-corrected chi connectivity index (χ2v) is 6.12. The first-order valence-corrected chi connectivity index (χ1v) is 9.31. The maximum atomic E-state index is 12.5. The van der Waals surface area contributed by atoms with E-state index >= 15 is 0 Å². The van der Waals surface area contributed by atoms with Crippen LogP contribution < -0.4 is 15.0 Å². The smallest absolute Gasteiger partial charge is 0.255 e. The molecule has 0 aliphatic rings. The number of para-hydroxylation sites is 1. The number of benzene rings is 1. The van der Waals surface area contributed by atoms with Gasteiger partial charge in [-0.2, -0.15) is 0 Å². The Kier molecular flexibility index (Phi) is 6.73. The Balaban J connectivity index is 2.46. The zero-order chi connectivity index (χ0) is 17.5. The van der Waals surface area contributed by atoms with E-state index in [1.54, 1.807) is 7.11 Å². The lowest BCUT2D eigenvalue weighted by atomic mass is 10.0. The van der Waals surface area contributed by atoms with E-state index in [1.165, 1.54) is 11.8 Å². The molecule has 1 aromatic carbocycles. The molecule has 0 radical (unpaired) electrons. The summed E-state index contributed by atoms with van der Waals surface area (Å²) in [6.07, 6.45) is 3.98. The minimum Gasteiger partial charge on any atom is -0.493 e. The normalized spacial score (nSPS) is 10.7. The van der Waals surface area contributed by atoms with Crippen LogP contribution in [0.2, 0.25) is 0 Å². The largest absolute Gasteiger partial charge is 0.493 e. The van der Waals surface area contributed by atoms with E-state index < -0.39 is 0 Å². The number of aromatic nitrogens is 2. The molecule has 0 aliphatic heterocycles. The van der Waals surface area contributed by atoms with E-state index in [-0.39, 0.29) is 5.56 Å². The van der Waals surface area contributed by atoms with Crippen LogP contribution in [0.3, 0.4) is 0 Å². The van der Waals surface area contributed by atoms with Gasteiger partial charge >= 0.3 is 0 Å². The number of methoxy groups -OCH3 is 1. The van der Waals surface area contributed by atoms with Crippen LogP contribution in [0.1, 0.15) is 37.1 Å². The highest BCUT2D eigenvalue weighted by atomic mass is 32.2. The maximum Gasteiger partial charge on any atom is 0.255 e. The van der Waals surface area contributed by atoms with Crippen LogP contribution >= 0.6 is 11.8 Å². The summed E-state index contributed by atoms with van der Waals surface area (Å²) in [5, 5.41) is 0.647. The fourth-order valence-corrected chi connectivity index (χ4v) is 2.91. The molecule has 2 rings (SSSR count). The van der Waals surface area contributed by atoms with Crippen LogP contribution in [0, 0.1) is 0 Å². The minimum absolute atomic E-state index is 0.0875. The molecule has 0 saturated heterocycles. The average molecular weight is 348 g/mol. The van der Waals surface area contributed by atoms with Crippen molar-refractivity contribution in [2.45, 2.75) is 38.3 Å². The first-order valence-electron chi connectivity index (χ1n) is 8.09. The molecule has 5 nitrogen and oxygen atoms in total. The fraction of sp³-hybridized carbons (Fsp3) is 0.444. The summed E-state index contributed by atoms with van der Waals surface area (Å²) >= 11 is 1.44. The molecule has 0 unspecified atom stereocenters. The third kappa shape index (κ3) is 4.12. The quantitative estimate of drug-likeness (QED) is 0.585. The van der Waals surface area contributed by atoms with Crippen LogP contribution in [0.5, 0.6) is 11.5 Å². The van der Waals surface area contributed by atoms with Crippen molar-refractivity contribution in [1.29, 1.82) is 0 Å². The van der Waals surface area contributed by atoms with Gasteiger partial charge < -0.3 is 14.5 Å². The van der Waals surface area contributed by atoms with Crippen molar-refractivity contribution >= 4 is 11.8 Å². The molecule has 0 atom stereocenters. The van der Waals surface area contributed by atoms with E-state index in [4.69, 9.17) is 9.47 Å². The van der Waals surface area contributed by atoms with Crippen molar-refractivity contribution < 1.29 is 9.47 Å². The van der Waals surface area contributed by atoms with Crippen molar-refractivity contribution in [3.8, 4) is 11.5 Å². The predicted octanol–water partition coefficient (Wildman–Crippen LogP) is 3.44. The monoisotopic (exact) mass is 348 g/mol. The lowest BCUT2D eigenvalue weighted by Crippen LogP contribution is -2.19. The maximum absolute atomic E-state index is 12.5. The summed E-state index contributed by atoms with van der Waals surface area (Å²) in [7, 11) is 1.62. The number of ether oxygens (including phenoxy) is 2. The number of aromatic amines is 1. The fourth-order valence-electron chi connectivity index (χ4n) is 2.51. The molecular formula is C18H24N2O3S. The number of hydrogen-bond acceptors (Lipinski definition) is 5. The van der Waals surface area contributed by atoms with E-state index in [2.05, 4.69) is 16.9 Å². The molecule has 0 saturated carbocycles. The van der Waals surface area contributed by atoms with Crippen molar-refractivity contribution in [2.24, 2.45) is 0 Å². The zero-order valence-electron chi connectivity index (χ0n) is 14.6. The second-order valence-electron chi connectivity index (χ2n) is 5.33. The van der Waals surface area contributed by atoms with Gasteiger partial charge in [0.1, 0.15) is 0 Å². The molecule has 0 bridgehead atoms. The molecule has 2 aromatic rings. The van der Waals surface area contributed by atoms with E-state index in [0.29, 0.717) is 41.7 Å². The first kappa shape index (κ1) is 18.4. The molecule has 130 valence electrons. The Morgan fingerprint density at radius 1 is 1.29 bits per heavy atom. The van der Waals surface area contributed by atoms with Crippen molar-refractivity contribution in [3.63, 3.8) is 0 Å². The highest BCUT2D eigenvalue weighted by molar-refractivity contribution is 7.98. The SMILES string of the molecule is CCCOc1c(Cc2c(CC)nc(SC)[nH]c2=O)cccc1OC. The van der Waals surface area contributed by atoms with Gasteiger partial charge in [-0.05, 0) is 25.2 Å². The van der Waals surface area contributed by atoms with Gasteiger partial charge in [0.25, 0.3) is 5.56 Å². The molecule has 6 heteroatoms. The zero-order valence-corrected chi connectivity index (χ0v) is 15.5. The van der Waals surface area contributed by atoms with Crippen LogP contribution in [-0.2, 0) is 12.8 Å². The van der Waals surface area contributed by atoms with E-state index in [9.17, 15) is 4.79 Å². The van der Waals surface area contributed by atoms with Gasteiger partial charge in [-0.25, -0.2) is 4.98 Å². The van der Waals surface area contributed by atoms with Gasteiger partial charge in [0.05, 0.1) is 19.4 Å². The number of rotatable bonds is 8. The Hall–Kier alpha value is -1.95. The second kappa shape index (κ2) is 8.78. The summed E-state index contributed by atoms with van der Waals surface area (Å²) in [4.78, 5) is 19.9. The molecule has 0 spiro atoms. The third-order valence-corrected chi connectivity index (χ3v) is 4.29. The van der Waals surface area contributed by atoms with Gasteiger partial charge in [0.15, 0.2) is 16.7 Å². The van der Waals surface area contributed by atoms with Crippen LogP contribution in [0.25, 0.3) is 0 Å². The Labute approximate surface area is 146 Å². The van der Waals surface area contributed by atoms with Crippen molar-refractivity contribution in [1.82, 2.24) is 9.97 Å². The Morgan fingerprint density at radius 3 is 2.71 bits per heavy atom. The van der Waals surface area contributed by atoms with Gasteiger partial charge in [-0.1, -0.05) is 37.7 Å². The molecule has 24 heavy (non-hydrogen) atoms. The van der Waals surface area contributed by atoms with E-state index in [0.717, 1.165) is 17.7 Å². The summed E-state index contributed by atoms with van der Waals surface area (Å²) in [6, 6.07) is 5.75. The number of H-pyrrole nitrogens is 1. The highest BCUT2D eigenvalue weighted by Crippen LogP contribution is 2.32. The van der Waals surface area contributed by atoms with Gasteiger partial charge in [-0.3, -0.25) is 4.79 Å². The van der Waals surface area contributed by atoms with Crippen molar-refractivity contribution in [2.75, 3.05) is 20.0 Å². The lowest BCUT2D eigenvalue weighted by Gasteiger charge is -2.15. The summed E-state index contributed by atoms with van der Waals surface area (Å²) in [6.45, 7) is 4.67. The van der Waals surface area contributed by atoms with E-state index in [1.807, 2.05) is 31.4 Å². The molecule has 0 fully saturated rings. The van der Waals surface area contributed by atoms with Crippen LogP contribution in [0.4, 0.5) is 0 Å². The number of hydrogen-bond donors (Lipinski definition) is 1. The highest BCUT2D eigenvalue weighted by Gasteiger charge is 2.16. The van der Waals surface area contributed by atoms with Crippen LogP contribution in [0.15, 0.2) is 28.2 Å². The molecule has 0 amide bonds. The standard InChI is InChI=1S/C18H24N2O3S/c1-5-10-23-16-12(8-7-9-15(16)22-3)11-13-14(6-2)19-18(24-4)20-17(13)21/h7-9H,5-6,10-11H2,1-4H3,(H,19,20,21). The molecular weight excluding hydrogens is 324 g/mol. The number of nitrogens with one attached hydrogen (secondary N) is 1. The predicted molar refractivity (Wildman–Crippen MR) is 97.6 cm³/mol. The Bertz CT molecular complexity index is 744. The Morgan fingerprint density at radius 2 is 2.08 bits per heavy atom. The first-order chi connectivity index (χ1) is 11.6. The molecule has 1 N–H and O–H groups in total. The summed E-state index contributed by atoms with van der Waals surface area (Å²) in [5.74, 6) is 1.39. The lowest BCUT2D eigenvalue weighted by molar-refractivity contribution is 0.291. The average Bonchev–Trinajstić information content (AvgIpc) is 2.61. The number of thioether (sulfide) groups is 1. The topological polar surface area (TPSA) is 64.2 Å².